The van der Waals surface area contributed by atoms with Gasteiger partial charge in [-0.2, -0.15) is 0 Å². The van der Waals surface area contributed by atoms with Crippen molar-refractivity contribution in [3.8, 4) is 11.5 Å². The van der Waals surface area contributed by atoms with Gasteiger partial charge in [-0.25, -0.2) is 0 Å². The van der Waals surface area contributed by atoms with Crippen LogP contribution >= 0.6 is 15.9 Å². The number of ether oxygens (including phenoxy) is 2. The number of halogens is 1. The smallest absolute Gasteiger partial charge is 0.142 e. The van der Waals surface area contributed by atoms with E-state index in [0.717, 1.165) is 16.5 Å². The van der Waals surface area contributed by atoms with Crippen molar-refractivity contribution >= 4 is 15.9 Å². The van der Waals surface area contributed by atoms with Crippen molar-refractivity contribution in [2.45, 2.75) is 31.9 Å². The zero-order valence-electron chi connectivity index (χ0n) is 13.0. The lowest BCUT2D eigenvalue weighted by molar-refractivity contribution is -0.000499. The molecule has 0 aliphatic heterocycles. The Kier molecular flexibility index (Phi) is 5.86. The van der Waals surface area contributed by atoms with E-state index in [2.05, 4.69) is 22.9 Å². The number of aliphatic hydroxyl groups excluding tert-OH is 1. The van der Waals surface area contributed by atoms with Crippen LogP contribution in [0.1, 0.15) is 31.9 Å². The maximum absolute atomic E-state index is 10.8. The Hall–Kier alpha value is -0.780. The number of rotatable bonds is 6. The van der Waals surface area contributed by atoms with E-state index < -0.39 is 6.10 Å². The highest BCUT2D eigenvalue weighted by molar-refractivity contribution is 9.10. The van der Waals surface area contributed by atoms with Crippen LogP contribution in [0.15, 0.2) is 16.6 Å². The maximum Gasteiger partial charge on any atom is 0.142 e. The van der Waals surface area contributed by atoms with Gasteiger partial charge in [0.25, 0.3) is 0 Å². The molecular weight excluding hydrogens is 322 g/mol. The van der Waals surface area contributed by atoms with E-state index in [4.69, 9.17) is 9.47 Å². The Morgan fingerprint density at radius 2 is 1.90 bits per heavy atom. The van der Waals surface area contributed by atoms with Crippen LogP contribution in [0.2, 0.25) is 0 Å². The van der Waals surface area contributed by atoms with Gasteiger partial charge >= 0.3 is 0 Å². The molecule has 1 rings (SSSR count). The molecule has 0 fully saturated rings. The first-order valence-corrected chi connectivity index (χ1v) is 7.38. The minimum atomic E-state index is -0.667. The first-order valence-electron chi connectivity index (χ1n) is 6.59. The van der Waals surface area contributed by atoms with Crippen molar-refractivity contribution in [2.75, 3.05) is 28.3 Å². The van der Waals surface area contributed by atoms with Crippen molar-refractivity contribution in [3.63, 3.8) is 0 Å². The van der Waals surface area contributed by atoms with Gasteiger partial charge in [-0.05, 0) is 55.5 Å². The highest BCUT2D eigenvalue weighted by atomic mass is 79.9. The monoisotopic (exact) mass is 345 g/mol. The molecular formula is C15H24BrNO3. The van der Waals surface area contributed by atoms with Gasteiger partial charge in [0.2, 0.25) is 0 Å². The third-order valence-electron chi connectivity index (χ3n) is 4.14. The molecule has 2 unspecified atom stereocenters. The second-order valence-corrected chi connectivity index (χ2v) is 6.00. The molecule has 0 amide bonds. The van der Waals surface area contributed by atoms with Crippen LogP contribution in [-0.4, -0.2) is 43.9 Å². The van der Waals surface area contributed by atoms with Crippen molar-refractivity contribution in [1.29, 1.82) is 0 Å². The average molecular weight is 346 g/mol. The minimum Gasteiger partial charge on any atom is -0.495 e. The van der Waals surface area contributed by atoms with Gasteiger partial charge in [0.15, 0.2) is 0 Å². The van der Waals surface area contributed by atoms with Gasteiger partial charge < -0.3 is 19.5 Å². The summed E-state index contributed by atoms with van der Waals surface area (Å²) in [5.74, 6) is 1.29. The number of hydrogen-bond acceptors (Lipinski definition) is 4. The Morgan fingerprint density at radius 1 is 1.30 bits per heavy atom. The minimum absolute atomic E-state index is 0.374. The quantitative estimate of drug-likeness (QED) is 0.859. The molecule has 1 aromatic rings. The lowest BCUT2D eigenvalue weighted by Crippen LogP contribution is -2.46. The summed E-state index contributed by atoms with van der Waals surface area (Å²) in [4.78, 5) is 2.04. The fourth-order valence-electron chi connectivity index (χ4n) is 2.22. The third-order valence-corrected chi connectivity index (χ3v) is 4.89. The number of benzene rings is 1. The van der Waals surface area contributed by atoms with Crippen molar-refractivity contribution in [2.24, 2.45) is 0 Å². The highest BCUT2D eigenvalue weighted by Crippen LogP contribution is 2.43. The molecule has 0 heterocycles. The van der Waals surface area contributed by atoms with Gasteiger partial charge in [0, 0.05) is 11.1 Å². The molecule has 0 aromatic heterocycles. The molecule has 0 radical (unpaired) electrons. The van der Waals surface area contributed by atoms with Crippen LogP contribution in [0.3, 0.4) is 0 Å². The van der Waals surface area contributed by atoms with Crippen LogP contribution in [-0.2, 0) is 0 Å². The summed E-state index contributed by atoms with van der Waals surface area (Å²) in [6.45, 7) is 4.10. The highest BCUT2D eigenvalue weighted by Gasteiger charge is 2.36. The van der Waals surface area contributed by atoms with Crippen molar-refractivity contribution in [1.82, 2.24) is 4.90 Å². The molecule has 5 heteroatoms. The number of nitrogens with zero attached hydrogens (tertiary/aromatic N) is 1. The van der Waals surface area contributed by atoms with E-state index in [9.17, 15) is 5.11 Å². The van der Waals surface area contributed by atoms with E-state index in [1.165, 1.54) is 0 Å². The van der Waals surface area contributed by atoms with Crippen molar-refractivity contribution < 1.29 is 14.6 Å². The zero-order chi connectivity index (χ0) is 15.5. The van der Waals surface area contributed by atoms with Gasteiger partial charge in [0.05, 0.1) is 14.2 Å². The molecule has 0 saturated carbocycles. The van der Waals surface area contributed by atoms with Crippen LogP contribution in [0.5, 0.6) is 11.5 Å². The summed E-state index contributed by atoms with van der Waals surface area (Å²) in [6, 6.07) is 3.68. The number of methoxy groups -OCH3 is 2. The Morgan fingerprint density at radius 3 is 2.30 bits per heavy atom. The maximum atomic E-state index is 10.8. The van der Waals surface area contributed by atoms with Crippen LogP contribution in [0.25, 0.3) is 0 Å². The Balaban J connectivity index is 3.36. The molecule has 20 heavy (non-hydrogen) atoms. The van der Waals surface area contributed by atoms with E-state index in [1.54, 1.807) is 14.2 Å². The third kappa shape index (κ3) is 2.95. The molecule has 1 aromatic carbocycles. The van der Waals surface area contributed by atoms with Crippen LogP contribution < -0.4 is 9.47 Å². The fraction of sp³-hybridized carbons (Fsp3) is 0.600. The summed E-state index contributed by atoms with van der Waals surface area (Å²) in [5.41, 5.74) is 0.375. The van der Waals surface area contributed by atoms with Gasteiger partial charge in [-0.15, -0.1) is 0 Å². The first kappa shape index (κ1) is 17.3. The van der Waals surface area contributed by atoms with Gasteiger partial charge in [-0.3, -0.25) is 0 Å². The fourth-order valence-corrected chi connectivity index (χ4v) is 2.91. The summed E-state index contributed by atoms with van der Waals surface area (Å²) >= 11 is 3.47. The summed E-state index contributed by atoms with van der Waals surface area (Å²) in [7, 11) is 7.13. The lowest BCUT2D eigenvalue weighted by atomic mass is 9.85. The zero-order valence-corrected chi connectivity index (χ0v) is 14.6. The Bertz CT molecular complexity index is 465. The number of hydrogen-bond donors (Lipinski definition) is 1. The number of aliphatic hydroxyl groups is 1. The lowest BCUT2D eigenvalue weighted by Gasteiger charge is -2.40. The molecule has 0 bridgehead atoms. The van der Waals surface area contributed by atoms with E-state index >= 15 is 0 Å². The van der Waals surface area contributed by atoms with Crippen LogP contribution in [0.4, 0.5) is 0 Å². The molecule has 114 valence electrons. The predicted octanol–water partition coefficient (Wildman–Crippen LogP) is 3.23. The van der Waals surface area contributed by atoms with Gasteiger partial charge in [-0.1, -0.05) is 6.92 Å². The second kappa shape index (κ2) is 6.78. The normalized spacial score (nSPS) is 15.8. The number of likely N-dealkylation sites (N-methyl/N-ethyl adjacent to an activating group) is 1. The van der Waals surface area contributed by atoms with E-state index in [1.807, 2.05) is 38.1 Å². The Labute approximate surface area is 129 Å². The standard InChI is InChI=1S/C15H24BrNO3/c1-7-15(2,17(3)4)14(18)10-8-9-11(19-5)12(16)13(10)20-6/h8-9,14,18H,7H2,1-6H3. The van der Waals surface area contributed by atoms with Crippen molar-refractivity contribution in [3.05, 3.63) is 22.2 Å². The summed E-state index contributed by atoms with van der Waals surface area (Å²) < 4.78 is 11.4. The average Bonchev–Trinajstić information content (AvgIpc) is 2.44. The first-order chi connectivity index (χ1) is 9.33. The summed E-state index contributed by atoms with van der Waals surface area (Å²) in [5, 5.41) is 10.8. The predicted molar refractivity (Wildman–Crippen MR) is 84.6 cm³/mol. The molecule has 0 aliphatic rings. The van der Waals surface area contributed by atoms with E-state index in [-0.39, 0.29) is 5.54 Å². The molecule has 0 saturated heterocycles. The topological polar surface area (TPSA) is 41.9 Å². The summed E-state index contributed by atoms with van der Waals surface area (Å²) in [6.07, 6.45) is 0.146. The van der Waals surface area contributed by atoms with Crippen LogP contribution in [0, 0.1) is 0 Å². The molecule has 0 aliphatic carbocycles. The second-order valence-electron chi connectivity index (χ2n) is 5.21. The molecule has 1 N–H and O–H groups in total. The molecule has 4 nitrogen and oxygen atoms in total. The molecule has 2 atom stereocenters. The SMILES string of the molecule is CCC(C)(C(O)c1ccc(OC)c(Br)c1OC)N(C)C. The largest absolute Gasteiger partial charge is 0.495 e. The molecule has 0 spiro atoms. The van der Waals surface area contributed by atoms with E-state index in [0.29, 0.717) is 11.5 Å². The van der Waals surface area contributed by atoms with Gasteiger partial charge in [0.1, 0.15) is 22.1 Å².